The minimum atomic E-state index is -3.82. The lowest BCUT2D eigenvalue weighted by Crippen LogP contribution is -2.26. The van der Waals surface area contributed by atoms with E-state index in [4.69, 9.17) is 14.2 Å². The summed E-state index contributed by atoms with van der Waals surface area (Å²) in [5.74, 6) is 0.294. The number of esters is 1. The number of hydrogen-bond acceptors (Lipinski definition) is 8. The van der Waals surface area contributed by atoms with Crippen LogP contribution >= 0.6 is 11.3 Å². The minimum Gasteiger partial charge on any atom is -0.465 e. The number of rotatable bonds is 8. The maximum absolute atomic E-state index is 13.2. The van der Waals surface area contributed by atoms with E-state index in [-0.39, 0.29) is 22.8 Å². The summed E-state index contributed by atoms with van der Waals surface area (Å²) in [4.78, 5) is 26.7. The first-order valence-electron chi connectivity index (χ1n) is 12.2. The molecule has 206 valence electrons. The number of nitrogens with one attached hydrogen (secondary N) is 1. The predicted octanol–water partition coefficient (Wildman–Crippen LogP) is 5.24. The van der Waals surface area contributed by atoms with Crippen molar-refractivity contribution in [3.8, 4) is 11.5 Å². The van der Waals surface area contributed by atoms with Gasteiger partial charge in [-0.05, 0) is 66.6 Å². The van der Waals surface area contributed by atoms with Crippen LogP contribution in [0.15, 0.2) is 77.7 Å². The Morgan fingerprint density at radius 2 is 1.70 bits per heavy atom. The number of thiophene rings is 1. The first kappa shape index (κ1) is 27.2. The van der Waals surface area contributed by atoms with Crippen molar-refractivity contribution in [3.05, 3.63) is 99.9 Å². The maximum Gasteiger partial charge on any atom is 0.341 e. The van der Waals surface area contributed by atoms with Crippen LogP contribution in [0.5, 0.6) is 11.5 Å². The molecule has 3 aromatic carbocycles. The zero-order valence-electron chi connectivity index (χ0n) is 22.0. The Hall–Kier alpha value is -4.35. The van der Waals surface area contributed by atoms with Crippen LogP contribution in [0.1, 0.15) is 36.7 Å². The minimum absolute atomic E-state index is 0.0450. The van der Waals surface area contributed by atoms with Crippen LogP contribution in [0.2, 0.25) is 0 Å². The molecular weight excluding hydrogens is 552 g/mol. The molecule has 2 heterocycles. The molecule has 4 aromatic rings. The van der Waals surface area contributed by atoms with Crippen LogP contribution < -0.4 is 19.1 Å². The normalized spacial score (nSPS) is 12.2. The molecular formula is C29H26N2O7S2. The topological polar surface area (TPSA) is 111 Å². The monoisotopic (exact) mass is 578 g/mol. The Labute approximate surface area is 236 Å². The van der Waals surface area contributed by atoms with Gasteiger partial charge in [-0.25, -0.2) is 13.2 Å². The molecule has 1 aliphatic rings. The number of para-hydroxylation sites is 1. The fraction of sp³-hybridized carbons (Fsp3) is 0.172. The molecule has 0 bridgehead atoms. The number of anilines is 2. The number of carbonyl (C=O) groups is 2. The van der Waals surface area contributed by atoms with Crippen LogP contribution in [0.4, 0.5) is 10.7 Å². The second-order valence-corrected chi connectivity index (χ2v) is 12.1. The molecule has 9 nitrogen and oxygen atoms in total. The number of carbonyl (C=O) groups excluding carboxylic acids is 2. The summed E-state index contributed by atoms with van der Waals surface area (Å²) in [5.41, 5.74) is 2.69. The number of nitrogens with zero attached hydrogens (tertiary/aromatic N) is 1. The van der Waals surface area contributed by atoms with E-state index < -0.39 is 21.9 Å². The fourth-order valence-electron chi connectivity index (χ4n) is 4.29. The van der Waals surface area contributed by atoms with Gasteiger partial charge >= 0.3 is 5.97 Å². The Morgan fingerprint density at radius 1 is 1.00 bits per heavy atom. The molecule has 5 rings (SSSR count). The summed E-state index contributed by atoms with van der Waals surface area (Å²) in [6, 6.07) is 20.0. The third kappa shape index (κ3) is 5.25. The molecule has 11 heteroatoms. The van der Waals surface area contributed by atoms with E-state index in [0.29, 0.717) is 34.2 Å². The highest BCUT2D eigenvalue weighted by molar-refractivity contribution is 7.92. The van der Waals surface area contributed by atoms with Crippen molar-refractivity contribution >= 4 is 43.9 Å². The van der Waals surface area contributed by atoms with E-state index >= 15 is 0 Å². The summed E-state index contributed by atoms with van der Waals surface area (Å²) in [5, 5.41) is 3.16. The van der Waals surface area contributed by atoms with Crippen LogP contribution in [0, 0.1) is 6.92 Å². The number of methoxy groups -OCH3 is 1. The lowest BCUT2D eigenvalue weighted by atomic mass is 10.1. The Kier molecular flexibility index (Phi) is 7.51. The molecule has 0 saturated carbocycles. The van der Waals surface area contributed by atoms with Crippen molar-refractivity contribution in [1.29, 1.82) is 0 Å². The Morgan fingerprint density at radius 3 is 2.40 bits per heavy atom. The maximum atomic E-state index is 13.2. The quantitative estimate of drug-likeness (QED) is 0.285. The highest BCUT2D eigenvalue weighted by Gasteiger charge is 2.25. The van der Waals surface area contributed by atoms with E-state index in [2.05, 4.69) is 5.32 Å². The van der Waals surface area contributed by atoms with Crippen molar-refractivity contribution in [2.24, 2.45) is 0 Å². The molecule has 0 atom stereocenters. The highest BCUT2D eigenvalue weighted by Crippen LogP contribution is 2.38. The van der Waals surface area contributed by atoms with Gasteiger partial charge in [-0.2, -0.15) is 0 Å². The second-order valence-electron chi connectivity index (χ2n) is 9.00. The van der Waals surface area contributed by atoms with Gasteiger partial charge in [0.1, 0.15) is 5.00 Å². The Bertz CT molecular complexity index is 1680. The zero-order chi connectivity index (χ0) is 28.4. The summed E-state index contributed by atoms with van der Waals surface area (Å²) < 4.78 is 43.2. The molecule has 0 unspecified atom stereocenters. The number of sulfonamides is 1. The summed E-state index contributed by atoms with van der Waals surface area (Å²) in [6.45, 7) is 1.99. The standard InChI is InChI=1S/C29H26N2O7S2/c1-18-25(16-19-9-14-23-24(15-19)38-17-37-23)39-28(26(18)29(33)36-3)30-27(32)20-10-12-22(13-11-20)40(34,35)31(2)21-7-5-4-6-8-21/h4-15H,16-17H2,1-3H3,(H,30,32). The summed E-state index contributed by atoms with van der Waals surface area (Å²) >= 11 is 1.28. The average Bonchev–Trinajstić information content (AvgIpc) is 3.56. The molecule has 1 aromatic heterocycles. The SMILES string of the molecule is COC(=O)c1c(NC(=O)c2ccc(S(=O)(=O)N(C)c3ccccc3)cc2)sc(Cc2ccc3c(c2)OCO3)c1C. The molecule has 1 N–H and O–H groups in total. The second kappa shape index (κ2) is 11.0. The first-order valence-corrected chi connectivity index (χ1v) is 14.5. The molecule has 0 saturated heterocycles. The first-order chi connectivity index (χ1) is 19.2. The third-order valence-electron chi connectivity index (χ3n) is 6.56. The number of fused-ring (bicyclic) bond motifs is 1. The van der Waals surface area contributed by atoms with Crippen molar-refractivity contribution in [3.63, 3.8) is 0 Å². The highest BCUT2D eigenvalue weighted by atomic mass is 32.2. The van der Waals surface area contributed by atoms with Crippen LogP contribution in [0.25, 0.3) is 0 Å². The van der Waals surface area contributed by atoms with Gasteiger partial charge in [0.25, 0.3) is 15.9 Å². The van der Waals surface area contributed by atoms with Crippen molar-refractivity contribution in [1.82, 2.24) is 0 Å². The van der Waals surface area contributed by atoms with Gasteiger partial charge in [-0.3, -0.25) is 9.10 Å². The van der Waals surface area contributed by atoms with Gasteiger partial charge in [-0.1, -0.05) is 24.3 Å². The Balaban J connectivity index is 1.37. The molecule has 1 amide bonds. The number of ether oxygens (including phenoxy) is 3. The van der Waals surface area contributed by atoms with Gasteiger partial charge in [0, 0.05) is 23.9 Å². The van der Waals surface area contributed by atoms with Gasteiger partial charge in [0.05, 0.1) is 23.3 Å². The van der Waals surface area contributed by atoms with Gasteiger partial charge in [0.15, 0.2) is 11.5 Å². The van der Waals surface area contributed by atoms with Crippen LogP contribution in [0.3, 0.4) is 0 Å². The van der Waals surface area contributed by atoms with Gasteiger partial charge in [0.2, 0.25) is 6.79 Å². The third-order valence-corrected chi connectivity index (χ3v) is 9.57. The molecule has 0 radical (unpaired) electrons. The summed E-state index contributed by atoms with van der Waals surface area (Å²) in [6.07, 6.45) is 0.508. The van der Waals surface area contributed by atoms with Gasteiger partial charge in [-0.15, -0.1) is 11.3 Å². The van der Waals surface area contributed by atoms with E-state index in [1.165, 1.54) is 54.1 Å². The molecule has 0 spiro atoms. The fourth-order valence-corrected chi connectivity index (χ4v) is 6.71. The van der Waals surface area contributed by atoms with Crippen LogP contribution in [-0.2, 0) is 21.2 Å². The predicted molar refractivity (Wildman–Crippen MR) is 152 cm³/mol. The average molecular weight is 579 g/mol. The van der Waals surface area contributed by atoms with Crippen molar-refractivity contribution < 1.29 is 32.2 Å². The largest absolute Gasteiger partial charge is 0.465 e. The summed E-state index contributed by atoms with van der Waals surface area (Å²) in [7, 11) is -1.07. The number of benzene rings is 3. The van der Waals surface area contributed by atoms with Crippen LogP contribution in [-0.4, -0.2) is 41.2 Å². The van der Waals surface area contributed by atoms with E-state index in [9.17, 15) is 18.0 Å². The molecule has 0 aliphatic carbocycles. The van der Waals surface area contributed by atoms with Crippen molar-refractivity contribution in [2.45, 2.75) is 18.2 Å². The molecule has 40 heavy (non-hydrogen) atoms. The van der Waals surface area contributed by atoms with E-state index in [1.54, 1.807) is 30.3 Å². The van der Waals surface area contributed by atoms with E-state index in [0.717, 1.165) is 10.4 Å². The number of amides is 1. The molecule has 0 fully saturated rings. The number of hydrogen-bond donors (Lipinski definition) is 1. The zero-order valence-corrected chi connectivity index (χ0v) is 23.6. The van der Waals surface area contributed by atoms with Gasteiger partial charge < -0.3 is 19.5 Å². The molecule has 1 aliphatic heterocycles. The lowest BCUT2D eigenvalue weighted by Gasteiger charge is -2.19. The smallest absolute Gasteiger partial charge is 0.341 e. The lowest BCUT2D eigenvalue weighted by molar-refractivity contribution is 0.0601. The van der Waals surface area contributed by atoms with Crippen molar-refractivity contribution in [2.75, 3.05) is 30.6 Å². The van der Waals surface area contributed by atoms with E-state index in [1.807, 2.05) is 25.1 Å².